The smallest absolute Gasteiger partial charge is 0.163 e. The van der Waals surface area contributed by atoms with Crippen molar-refractivity contribution >= 4 is 29.3 Å². The van der Waals surface area contributed by atoms with Gasteiger partial charge in [-0.25, -0.2) is 9.38 Å². The lowest BCUT2D eigenvalue weighted by Crippen LogP contribution is -2.39. The van der Waals surface area contributed by atoms with Gasteiger partial charge in [0.05, 0.1) is 29.3 Å². The van der Waals surface area contributed by atoms with Crippen molar-refractivity contribution in [2.45, 2.75) is 19.2 Å². The monoisotopic (exact) mass is 440 g/mol. The van der Waals surface area contributed by atoms with E-state index in [9.17, 15) is 4.39 Å². The Balaban J connectivity index is 1.62. The van der Waals surface area contributed by atoms with Crippen molar-refractivity contribution in [1.82, 2.24) is 0 Å². The first kappa shape index (κ1) is 21.0. The van der Waals surface area contributed by atoms with Crippen LogP contribution in [0.3, 0.4) is 0 Å². The van der Waals surface area contributed by atoms with Gasteiger partial charge >= 0.3 is 0 Å². The highest BCUT2D eigenvalue weighted by molar-refractivity contribution is 6.32. The zero-order valence-electron chi connectivity index (χ0n) is 16.9. The second kappa shape index (κ2) is 8.45. The van der Waals surface area contributed by atoms with Crippen molar-refractivity contribution in [2.24, 2.45) is 10.7 Å². The number of hydrogen-bond donors (Lipinski definition) is 3. The highest BCUT2D eigenvalue weighted by Crippen LogP contribution is 2.42. The van der Waals surface area contributed by atoms with Gasteiger partial charge in [0, 0.05) is 17.2 Å². The molecule has 6 nitrogen and oxygen atoms in total. The number of fused-ring (bicyclic) bond motifs is 1. The maximum Gasteiger partial charge on any atom is 0.163 e. The zero-order chi connectivity index (χ0) is 22.0. The maximum absolute atomic E-state index is 13.4. The Hall–Kier alpha value is -3.29. The van der Waals surface area contributed by atoms with Crippen LogP contribution in [0.15, 0.2) is 59.6 Å². The van der Waals surface area contributed by atoms with Crippen molar-refractivity contribution in [2.75, 3.05) is 17.7 Å². The van der Waals surface area contributed by atoms with Crippen LogP contribution >= 0.6 is 11.6 Å². The molecular weight excluding hydrogens is 419 g/mol. The van der Waals surface area contributed by atoms with Crippen LogP contribution in [0, 0.1) is 5.82 Å². The first-order valence-electron chi connectivity index (χ1n) is 9.74. The molecule has 0 bridgehead atoms. The van der Waals surface area contributed by atoms with E-state index >= 15 is 0 Å². The maximum atomic E-state index is 13.4. The van der Waals surface area contributed by atoms with Crippen molar-refractivity contribution in [3.8, 4) is 11.5 Å². The van der Waals surface area contributed by atoms with Gasteiger partial charge in [-0.05, 0) is 42.8 Å². The summed E-state index contributed by atoms with van der Waals surface area (Å²) in [5.41, 5.74) is 15.0. The Morgan fingerprint density at radius 2 is 1.94 bits per heavy atom. The van der Waals surface area contributed by atoms with Gasteiger partial charge in [0.1, 0.15) is 23.9 Å². The zero-order valence-corrected chi connectivity index (χ0v) is 17.6. The molecule has 3 aromatic rings. The van der Waals surface area contributed by atoms with Gasteiger partial charge < -0.3 is 20.5 Å². The van der Waals surface area contributed by atoms with Gasteiger partial charge in [0.15, 0.2) is 5.66 Å². The summed E-state index contributed by atoms with van der Waals surface area (Å²) in [5.74, 6) is 0.718. The van der Waals surface area contributed by atoms with Crippen LogP contribution in [-0.4, -0.2) is 12.9 Å². The molecule has 0 aliphatic carbocycles. The first-order valence-corrected chi connectivity index (χ1v) is 10.1. The van der Waals surface area contributed by atoms with Crippen LogP contribution in [-0.2, 0) is 12.3 Å². The quantitative estimate of drug-likeness (QED) is 0.485. The molecule has 4 rings (SSSR count). The van der Waals surface area contributed by atoms with Gasteiger partial charge in [0.25, 0.3) is 0 Å². The van der Waals surface area contributed by atoms with Crippen LogP contribution in [0.2, 0.25) is 5.02 Å². The molecule has 1 aliphatic rings. The predicted molar refractivity (Wildman–Crippen MR) is 121 cm³/mol. The van der Waals surface area contributed by atoms with E-state index in [1.807, 2.05) is 6.92 Å². The standard InChI is InChI=1S/C23H22ClFN4O2/c1-2-30-22-11-20-17(10-19(22)26)23(27,29-13-28-20)15-6-7-21(18(24)9-15)31-12-14-4-3-5-16(25)8-14/h3-11,13H,2,12,26-27H2,1H3,(H,28,29). The van der Waals surface area contributed by atoms with Crippen LogP contribution in [0.5, 0.6) is 11.5 Å². The molecule has 3 aromatic carbocycles. The molecule has 1 heterocycles. The summed E-state index contributed by atoms with van der Waals surface area (Å²) in [5, 5.41) is 3.46. The summed E-state index contributed by atoms with van der Waals surface area (Å²) in [6, 6.07) is 15.0. The number of nitrogen functional groups attached to an aromatic ring is 1. The molecule has 0 saturated carbocycles. The SMILES string of the molecule is CCOc1cc2c(cc1N)C(N)(c1ccc(OCc3cccc(F)c3)c(Cl)c1)N=CN2. The van der Waals surface area contributed by atoms with E-state index < -0.39 is 5.66 Å². The molecule has 0 saturated heterocycles. The molecule has 1 aliphatic heterocycles. The lowest BCUT2D eigenvalue weighted by Gasteiger charge is -2.32. The molecule has 0 radical (unpaired) electrons. The minimum absolute atomic E-state index is 0.187. The lowest BCUT2D eigenvalue weighted by molar-refractivity contribution is 0.305. The summed E-state index contributed by atoms with van der Waals surface area (Å²) in [7, 11) is 0. The van der Waals surface area contributed by atoms with E-state index in [1.54, 1.807) is 42.5 Å². The van der Waals surface area contributed by atoms with E-state index in [0.717, 1.165) is 5.69 Å². The minimum Gasteiger partial charge on any atom is -0.492 e. The Morgan fingerprint density at radius 3 is 2.68 bits per heavy atom. The van der Waals surface area contributed by atoms with E-state index in [1.165, 1.54) is 18.5 Å². The fraction of sp³-hybridized carbons (Fsp3) is 0.174. The molecule has 0 amide bonds. The average Bonchev–Trinajstić information content (AvgIpc) is 2.74. The van der Waals surface area contributed by atoms with E-state index in [2.05, 4.69) is 10.3 Å². The molecular formula is C23H22ClFN4O2. The number of aliphatic imine (C=N–C) groups is 1. The van der Waals surface area contributed by atoms with E-state index in [4.69, 9.17) is 32.5 Å². The first-order chi connectivity index (χ1) is 14.9. The highest BCUT2D eigenvalue weighted by atomic mass is 35.5. The third kappa shape index (κ3) is 4.15. The number of nitrogens with one attached hydrogen (secondary N) is 1. The average molecular weight is 441 g/mol. The summed E-state index contributed by atoms with van der Waals surface area (Å²) >= 11 is 6.47. The molecule has 0 spiro atoms. The van der Waals surface area contributed by atoms with Crippen LogP contribution in [0.25, 0.3) is 0 Å². The number of nitrogens with two attached hydrogens (primary N) is 2. The third-order valence-electron chi connectivity index (χ3n) is 5.00. The molecule has 1 atom stereocenters. The van der Waals surface area contributed by atoms with Crippen LogP contribution in [0.1, 0.15) is 23.6 Å². The van der Waals surface area contributed by atoms with Gasteiger partial charge in [-0.3, -0.25) is 5.73 Å². The number of rotatable bonds is 6. The van der Waals surface area contributed by atoms with Crippen molar-refractivity contribution < 1.29 is 13.9 Å². The normalized spacial score (nSPS) is 17.0. The van der Waals surface area contributed by atoms with E-state index in [0.29, 0.717) is 45.5 Å². The molecule has 8 heteroatoms. The Labute approximate surface area is 184 Å². The molecule has 5 N–H and O–H groups in total. The largest absolute Gasteiger partial charge is 0.492 e. The van der Waals surface area contributed by atoms with Gasteiger partial charge in [0.2, 0.25) is 0 Å². The topological polar surface area (TPSA) is 94.9 Å². The second-order valence-corrected chi connectivity index (χ2v) is 7.51. The Bertz CT molecular complexity index is 1150. The predicted octanol–water partition coefficient (Wildman–Crippen LogP) is 4.65. The summed E-state index contributed by atoms with van der Waals surface area (Å²) in [4.78, 5) is 4.47. The van der Waals surface area contributed by atoms with Crippen LogP contribution < -0.4 is 26.3 Å². The molecule has 160 valence electrons. The van der Waals surface area contributed by atoms with Gasteiger partial charge in [-0.2, -0.15) is 0 Å². The Kier molecular flexibility index (Phi) is 5.71. The van der Waals surface area contributed by atoms with Crippen molar-refractivity contribution in [3.05, 3.63) is 82.1 Å². The Morgan fingerprint density at radius 1 is 1.10 bits per heavy atom. The minimum atomic E-state index is -1.19. The van der Waals surface area contributed by atoms with Crippen molar-refractivity contribution in [3.63, 3.8) is 0 Å². The number of hydrogen-bond acceptors (Lipinski definition) is 6. The van der Waals surface area contributed by atoms with Crippen LogP contribution in [0.4, 0.5) is 15.8 Å². The number of nitrogens with zero attached hydrogens (tertiary/aromatic N) is 1. The van der Waals surface area contributed by atoms with Gasteiger partial charge in [-0.15, -0.1) is 0 Å². The van der Waals surface area contributed by atoms with Crippen molar-refractivity contribution in [1.29, 1.82) is 0 Å². The fourth-order valence-corrected chi connectivity index (χ4v) is 3.69. The second-order valence-electron chi connectivity index (χ2n) is 7.10. The van der Waals surface area contributed by atoms with Gasteiger partial charge in [-0.1, -0.05) is 29.8 Å². The molecule has 0 aromatic heterocycles. The number of anilines is 2. The lowest BCUT2D eigenvalue weighted by atomic mass is 9.89. The highest BCUT2D eigenvalue weighted by Gasteiger charge is 2.35. The molecule has 1 unspecified atom stereocenters. The summed E-state index contributed by atoms with van der Waals surface area (Å²) < 4.78 is 24.7. The summed E-state index contributed by atoms with van der Waals surface area (Å²) in [6.07, 6.45) is 1.54. The number of ether oxygens (including phenoxy) is 2. The molecule has 31 heavy (non-hydrogen) atoms. The number of benzene rings is 3. The van der Waals surface area contributed by atoms with E-state index in [-0.39, 0.29) is 12.4 Å². The molecule has 0 fully saturated rings. The number of halogens is 2. The fourth-order valence-electron chi connectivity index (χ4n) is 3.46. The summed E-state index contributed by atoms with van der Waals surface area (Å²) in [6.45, 7) is 2.57. The third-order valence-corrected chi connectivity index (χ3v) is 5.30.